The van der Waals surface area contributed by atoms with E-state index in [1.54, 1.807) is 12.4 Å². The lowest BCUT2D eigenvalue weighted by molar-refractivity contribution is 0.205. The number of nitrogens with two attached hydrogens (primary N) is 1. The van der Waals surface area contributed by atoms with Gasteiger partial charge in [-0.3, -0.25) is 4.98 Å². The lowest BCUT2D eigenvalue weighted by atomic mass is 9.83. The van der Waals surface area contributed by atoms with Crippen LogP contribution in [-0.4, -0.2) is 39.0 Å². The van der Waals surface area contributed by atoms with Crippen molar-refractivity contribution in [3.8, 4) is 0 Å². The molecule has 1 fully saturated rings. The van der Waals surface area contributed by atoms with Gasteiger partial charge in [0, 0.05) is 36.2 Å². The molecule has 4 rings (SSSR count). The summed E-state index contributed by atoms with van der Waals surface area (Å²) in [7, 11) is 0. The van der Waals surface area contributed by atoms with E-state index in [4.69, 9.17) is 10.7 Å². The largest absolute Gasteiger partial charge is 0.379 e. The highest BCUT2D eigenvalue weighted by molar-refractivity contribution is 8.13. The Bertz CT molecular complexity index is 891. The average molecular weight is 427 g/mol. The Labute approximate surface area is 172 Å². The Morgan fingerprint density at radius 2 is 2.14 bits per heavy atom. The molecule has 1 saturated heterocycles. The third kappa shape index (κ3) is 3.53. The van der Waals surface area contributed by atoms with E-state index in [2.05, 4.69) is 15.0 Å². The van der Waals surface area contributed by atoms with E-state index < -0.39 is 17.0 Å². The molecule has 0 aromatic carbocycles. The first-order valence-electron chi connectivity index (χ1n) is 8.65. The molecule has 0 bridgehead atoms. The first kappa shape index (κ1) is 20.7. The van der Waals surface area contributed by atoms with Crippen LogP contribution in [0.5, 0.6) is 0 Å². The van der Waals surface area contributed by atoms with Crippen molar-refractivity contribution in [3.05, 3.63) is 47.8 Å². The molecule has 4 heterocycles. The number of amidine groups is 1. The van der Waals surface area contributed by atoms with Gasteiger partial charge >= 0.3 is 0 Å². The third-order valence-electron chi connectivity index (χ3n) is 5.03. The highest BCUT2D eigenvalue weighted by atomic mass is 35.5. The number of aromatic nitrogens is 3. The van der Waals surface area contributed by atoms with Crippen LogP contribution in [0.1, 0.15) is 25.1 Å². The van der Waals surface area contributed by atoms with Gasteiger partial charge in [0.05, 0.1) is 12.7 Å². The molecule has 0 aliphatic carbocycles. The number of fused-ring (bicyclic) bond motifs is 1. The molecule has 0 radical (unpaired) electrons. The second-order valence-electron chi connectivity index (χ2n) is 7.34. The number of hydrogen-bond donors (Lipinski definition) is 1. The van der Waals surface area contributed by atoms with E-state index in [1.807, 2.05) is 17.0 Å². The molecule has 150 valence electrons. The molecule has 0 saturated carbocycles. The highest BCUT2D eigenvalue weighted by Gasteiger charge is 2.51. The molecule has 2 aromatic heterocycles. The van der Waals surface area contributed by atoms with Gasteiger partial charge in [-0.25, -0.2) is 23.7 Å². The van der Waals surface area contributed by atoms with E-state index >= 15 is 0 Å². The van der Waals surface area contributed by atoms with Gasteiger partial charge in [-0.2, -0.15) is 0 Å². The van der Waals surface area contributed by atoms with Crippen molar-refractivity contribution in [1.82, 2.24) is 15.0 Å². The zero-order chi connectivity index (χ0) is 19.2. The van der Waals surface area contributed by atoms with E-state index in [-0.39, 0.29) is 24.0 Å². The lowest BCUT2D eigenvalue weighted by Crippen LogP contribution is -2.40. The van der Waals surface area contributed by atoms with Gasteiger partial charge in [0.2, 0.25) is 5.95 Å². The highest BCUT2D eigenvalue weighted by Crippen LogP contribution is 2.45. The van der Waals surface area contributed by atoms with Gasteiger partial charge in [-0.05, 0) is 19.9 Å². The molecule has 0 amide bonds. The molecular weight excluding hydrogens is 406 g/mol. The van der Waals surface area contributed by atoms with Crippen LogP contribution in [0.25, 0.3) is 0 Å². The van der Waals surface area contributed by atoms with E-state index in [0.717, 1.165) is 17.5 Å². The maximum Gasteiger partial charge on any atom is 0.225 e. The maximum absolute atomic E-state index is 14.3. The van der Waals surface area contributed by atoms with Crippen LogP contribution in [0.4, 0.5) is 14.7 Å². The Hall–Kier alpha value is -2.00. The molecule has 10 heteroatoms. The van der Waals surface area contributed by atoms with Crippen LogP contribution >= 0.6 is 24.2 Å². The van der Waals surface area contributed by atoms with Crippen LogP contribution in [0.3, 0.4) is 0 Å². The molecule has 1 unspecified atom stereocenters. The Kier molecular flexibility index (Phi) is 5.51. The summed E-state index contributed by atoms with van der Waals surface area (Å²) in [5.74, 6) is 0.509. The van der Waals surface area contributed by atoms with E-state index in [1.165, 1.54) is 25.6 Å². The number of rotatable bonds is 3. The second-order valence-corrected chi connectivity index (χ2v) is 8.38. The van der Waals surface area contributed by atoms with Gasteiger partial charge in [0.25, 0.3) is 0 Å². The van der Waals surface area contributed by atoms with Gasteiger partial charge in [-0.15, -0.1) is 12.4 Å². The summed E-state index contributed by atoms with van der Waals surface area (Å²) in [5, 5.41) is 0.530. The molecule has 2 N–H and O–H groups in total. The van der Waals surface area contributed by atoms with Crippen molar-refractivity contribution in [3.63, 3.8) is 0 Å². The number of aliphatic imine (C=N–C) groups is 1. The van der Waals surface area contributed by atoms with Gasteiger partial charge in [0.15, 0.2) is 11.0 Å². The van der Waals surface area contributed by atoms with Crippen LogP contribution in [0, 0.1) is 11.7 Å². The first-order valence-corrected chi connectivity index (χ1v) is 9.64. The molecular formula is C18H21ClF2N6S. The fourth-order valence-corrected chi connectivity index (χ4v) is 4.70. The Morgan fingerprint density at radius 3 is 2.82 bits per heavy atom. The zero-order valence-corrected chi connectivity index (χ0v) is 17.1. The zero-order valence-electron chi connectivity index (χ0n) is 15.5. The molecule has 6 nitrogen and oxygen atoms in total. The van der Waals surface area contributed by atoms with Gasteiger partial charge in [-0.1, -0.05) is 17.8 Å². The predicted molar refractivity (Wildman–Crippen MR) is 109 cm³/mol. The molecule has 2 atom stereocenters. The van der Waals surface area contributed by atoms with Gasteiger partial charge in [0.1, 0.15) is 16.9 Å². The summed E-state index contributed by atoms with van der Waals surface area (Å²) < 4.78 is 28.3. The van der Waals surface area contributed by atoms with Crippen molar-refractivity contribution in [2.45, 2.75) is 25.1 Å². The summed E-state index contributed by atoms with van der Waals surface area (Å²) in [6.45, 7) is 3.66. The van der Waals surface area contributed by atoms with Crippen molar-refractivity contribution in [2.24, 2.45) is 16.6 Å². The standard InChI is InChI=1S/C18H20F2N6S.ClH/c1-17(2,20)14-13(19)7-23-16(24-14)26-8-12-9-27-15(21)25-18(12,10-26)11-4-3-5-22-6-11;/h3-7,12H,8-10H2,1-2H3,(H2,21,25);1H/t12-,18?;/m0./s1. The summed E-state index contributed by atoms with van der Waals surface area (Å²) in [6.07, 6.45) is 4.54. The van der Waals surface area contributed by atoms with E-state index in [9.17, 15) is 8.78 Å². The summed E-state index contributed by atoms with van der Waals surface area (Å²) in [5.41, 5.74) is 4.31. The number of nitrogens with zero attached hydrogens (tertiary/aromatic N) is 5. The minimum Gasteiger partial charge on any atom is -0.379 e. The van der Waals surface area contributed by atoms with Crippen molar-refractivity contribution >= 4 is 35.3 Å². The Morgan fingerprint density at radius 1 is 1.36 bits per heavy atom. The fraction of sp³-hybridized carbons (Fsp3) is 0.444. The number of hydrogen-bond acceptors (Lipinski definition) is 7. The normalized spacial score (nSPS) is 24.4. The second kappa shape index (κ2) is 7.44. The minimum atomic E-state index is -1.90. The molecule has 2 aliphatic heterocycles. The number of thioether (sulfide) groups is 1. The van der Waals surface area contributed by atoms with Crippen LogP contribution in [-0.2, 0) is 11.2 Å². The monoisotopic (exact) mass is 426 g/mol. The maximum atomic E-state index is 14.3. The summed E-state index contributed by atoms with van der Waals surface area (Å²) >= 11 is 1.51. The van der Waals surface area contributed by atoms with Crippen LogP contribution in [0.15, 0.2) is 35.7 Å². The van der Waals surface area contributed by atoms with Crippen molar-refractivity contribution in [2.75, 3.05) is 23.7 Å². The number of pyridine rings is 1. The first-order chi connectivity index (χ1) is 12.8. The quantitative estimate of drug-likeness (QED) is 0.812. The molecule has 2 aromatic rings. The average Bonchev–Trinajstić information content (AvgIpc) is 3.02. The summed E-state index contributed by atoms with van der Waals surface area (Å²) in [6, 6.07) is 3.85. The number of alkyl halides is 1. The van der Waals surface area contributed by atoms with Crippen LogP contribution in [0.2, 0.25) is 0 Å². The van der Waals surface area contributed by atoms with Gasteiger partial charge < -0.3 is 10.6 Å². The predicted octanol–water partition coefficient (Wildman–Crippen LogP) is 3.03. The SMILES string of the molecule is CC(C)(F)c1nc(N2C[C@H]3CSC(N)=NC3(c3cccnc3)C2)ncc1F.Cl. The minimum absolute atomic E-state index is 0. The fourth-order valence-electron chi connectivity index (χ4n) is 3.72. The number of anilines is 1. The van der Waals surface area contributed by atoms with Crippen LogP contribution < -0.4 is 10.6 Å². The number of halogens is 3. The third-order valence-corrected chi connectivity index (χ3v) is 5.99. The van der Waals surface area contributed by atoms with Crippen molar-refractivity contribution < 1.29 is 8.78 Å². The summed E-state index contributed by atoms with van der Waals surface area (Å²) in [4.78, 5) is 19.2. The Balaban J connectivity index is 0.00000225. The molecule has 2 aliphatic rings. The lowest BCUT2D eigenvalue weighted by Gasteiger charge is -2.34. The van der Waals surface area contributed by atoms with Crippen molar-refractivity contribution in [1.29, 1.82) is 0 Å². The topological polar surface area (TPSA) is 80.3 Å². The smallest absolute Gasteiger partial charge is 0.225 e. The van der Waals surface area contributed by atoms with E-state index in [0.29, 0.717) is 24.2 Å². The molecule has 0 spiro atoms. The molecule has 28 heavy (non-hydrogen) atoms.